The highest BCUT2D eigenvalue weighted by molar-refractivity contribution is 5.31. The van der Waals surface area contributed by atoms with E-state index in [1.54, 1.807) is 7.11 Å². The fraction of sp³-hybridized carbons (Fsp3) is 0.455. The average Bonchev–Trinajstić information content (AvgIpc) is 2.63. The lowest BCUT2D eigenvalue weighted by Gasteiger charge is -2.26. The zero-order valence-corrected chi connectivity index (χ0v) is 16.1. The molecular formula is C22H31NO3. The van der Waals surface area contributed by atoms with Gasteiger partial charge in [-0.1, -0.05) is 42.5 Å². The Balaban J connectivity index is 1.91. The molecule has 1 atom stereocenters. The van der Waals surface area contributed by atoms with Crippen molar-refractivity contribution < 1.29 is 14.6 Å². The SMILES string of the molecule is COCCCN(Cc1ccccc1C)CC(O)COc1ccccc1C. The Morgan fingerprint density at radius 2 is 1.69 bits per heavy atom. The summed E-state index contributed by atoms with van der Waals surface area (Å²) < 4.78 is 11.0. The summed E-state index contributed by atoms with van der Waals surface area (Å²) in [6.45, 7) is 7.42. The molecule has 0 saturated carbocycles. The summed E-state index contributed by atoms with van der Waals surface area (Å²) in [7, 11) is 1.72. The molecule has 0 spiro atoms. The molecule has 26 heavy (non-hydrogen) atoms. The minimum Gasteiger partial charge on any atom is -0.491 e. The van der Waals surface area contributed by atoms with Crippen molar-refractivity contribution in [3.63, 3.8) is 0 Å². The number of hydrogen-bond donors (Lipinski definition) is 1. The molecule has 142 valence electrons. The fourth-order valence-corrected chi connectivity index (χ4v) is 2.95. The molecule has 0 fully saturated rings. The summed E-state index contributed by atoms with van der Waals surface area (Å²) in [6.07, 6.45) is 0.398. The number of benzene rings is 2. The van der Waals surface area contributed by atoms with Gasteiger partial charge >= 0.3 is 0 Å². The quantitative estimate of drug-likeness (QED) is 0.624. The Morgan fingerprint density at radius 1 is 1.00 bits per heavy atom. The van der Waals surface area contributed by atoms with E-state index in [-0.39, 0.29) is 0 Å². The summed E-state index contributed by atoms with van der Waals surface area (Å²) in [6, 6.07) is 16.3. The maximum absolute atomic E-state index is 10.5. The van der Waals surface area contributed by atoms with Gasteiger partial charge in [0.1, 0.15) is 18.5 Å². The fourth-order valence-electron chi connectivity index (χ4n) is 2.95. The molecule has 0 aromatic heterocycles. The number of nitrogens with zero attached hydrogens (tertiary/aromatic N) is 1. The highest BCUT2D eigenvalue weighted by Gasteiger charge is 2.14. The smallest absolute Gasteiger partial charge is 0.122 e. The molecule has 0 amide bonds. The van der Waals surface area contributed by atoms with E-state index in [0.717, 1.165) is 37.4 Å². The largest absolute Gasteiger partial charge is 0.491 e. The Morgan fingerprint density at radius 3 is 2.38 bits per heavy atom. The van der Waals surface area contributed by atoms with Crippen molar-refractivity contribution in [2.75, 3.05) is 33.4 Å². The number of rotatable bonds is 11. The van der Waals surface area contributed by atoms with Gasteiger partial charge in [-0.3, -0.25) is 4.90 Å². The summed E-state index contributed by atoms with van der Waals surface area (Å²) >= 11 is 0. The van der Waals surface area contributed by atoms with Gasteiger partial charge in [0.05, 0.1) is 0 Å². The molecule has 0 aliphatic rings. The number of aliphatic hydroxyl groups is 1. The molecule has 2 aromatic rings. The molecular weight excluding hydrogens is 326 g/mol. The average molecular weight is 357 g/mol. The van der Waals surface area contributed by atoms with E-state index < -0.39 is 6.10 Å². The zero-order valence-electron chi connectivity index (χ0n) is 16.1. The molecule has 1 N–H and O–H groups in total. The Bertz CT molecular complexity index is 659. The number of methoxy groups -OCH3 is 1. The van der Waals surface area contributed by atoms with E-state index in [0.29, 0.717) is 13.2 Å². The second-order valence-corrected chi connectivity index (χ2v) is 6.74. The lowest BCUT2D eigenvalue weighted by atomic mass is 10.1. The Kier molecular flexibility index (Phi) is 8.62. The maximum atomic E-state index is 10.5. The van der Waals surface area contributed by atoms with Gasteiger partial charge in [0.25, 0.3) is 0 Å². The molecule has 0 bridgehead atoms. The molecule has 4 heteroatoms. The molecule has 0 radical (unpaired) electrons. The van der Waals surface area contributed by atoms with Crippen molar-refractivity contribution >= 4 is 0 Å². The maximum Gasteiger partial charge on any atom is 0.122 e. The van der Waals surface area contributed by atoms with E-state index in [1.165, 1.54) is 11.1 Å². The third-order valence-corrected chi connectivity index (χ3v) is 4.47. The van der Waals surface area contributed by atoms with Crippen LogP contribution in [0.5, 0.6) is 5.75 Å². The Hall–Kier alpha value is -1.88. The third-order valence-electron chi connectivity index (χ3n) is 4.47. The van der Waals surface area contributed by atoms with Crippen LogP contribution in [0, 0.1) is 13.8 Å². The second kappa shape index (κ2) is 11.0. The highest BCUT2D eigenvalue weighted by atomic mass is 16.5. The van der Waals surface area contributed by atoms with Crippen molar-refractivity contribution in [3.05, 3.63) is 65.2 Å². The molecule has 0 aliphatic heterocycles. The van der Waals surface area contributed by atoms with Crippen molar-refractivity contribution in [3.8, 4) is 5.75 Å². The van der Waals surface area contributed by atoms with Gasteiger partial charge in [0.2, 0.25) is 0 Å². The van der Waals surface area contributed by atoms with Gasteiger partial charge in [-0.25, -0.2) is 0 Å². The van der Waals surface area contributed by atoms with E-state index in [4.69, 9.17) is 9.47 Å². The van der Waals surface area contributed by atoms with Crippen molar-refractivity contribution in [1.29, 1.82) is 0 Å². The molecule has 0 heterocycles. The monoisotopic (exact) mass is 357 g/mol. The predicted octanol–water partition coefficient (Wildman–Crippen LogP) is 3.58. The van der Waals surface area contributed by atoms with Gasteiger partial charge < -0.3 is 14.6 Å². The molecule has 2 rings (SSSR count). The lowest BCUT2D eigenvalue weighted by molar-refractivity contribution is 0.0615. The van der Waals surface area contributed by atoms with Gasteiger partial charge in [-0.05, 0) is 43.0 Å². The molecule has 1 unspecified atom stereocenters. The number of aliphatic hydroxyl groups excluding tert-OH is 1. The van der Waals surface area contributed by atoms with Crippen LogP contribution in [-0.4, -0.2) is 49.5 Å². The predicted molar refractivity (Wildman–Crippen MR) is 106 cm³/mol. The standard InChI is InChI=1S/C22H31NO3/c1-18-9-4-6-11-20(18)15-23(13-8-14-25-3)16-21(24)17-26-22-12-7-5-10-19(22)2/h4-7,9-12,21,24H,8,13-17H2,1-3H3. The summed E-state index contributed by atoms with van der Waals surface area (Å²) in [5.41, 5.74) is 3.64. The number of ether oxygens (including phenoxy) is 2. The highest BCUT2D eigenvalue weighted by Crippen LogP contribution is 2.17. The van der Waals surface area contributed by atoms with Crippen molar-refractivity contribution in [1.82, 2.24) is 4.90 Å². The Labute approximate surface area is 157 Å². The molecule has 0 aliphatic carbocycles. The van der Waals surface area contributed by atoms with Gasteiger partial charge in [0.15, 0.2) is 0 Å². The molecule has 4 nitrogen and oxygen atoms in total. The van der Waals surface area contributed by atoms with Crippen LogP contribution in [0.4, 0.5) is 0 Å². The zero-order chi connectivity index (χ0) is 18.8. The van der Waals surface area contributed by atoms with Crippen LogP contribution in [0.25, 0.3) is 0 Å². The van der Waals surface area contributed by atoms with Crippen LogP contribution in [-0.2, 0) is 11.3 Å². The minimum absolute atomic E-state index is 0.291. The summed E-state index contributed by atoms with van der Waals surface area (Å²) in [5.74, 6) is 0.830. The van der Waals surface area contributed by atoms with Gasteiger partial charge in [0, 0.05) is 33.4 Å². The third kappa shape index (κ3) is 6.79. The van der Waals surface area contributed by atoms with Crippen molar-refractivity contribution in [2.45, 2.75) is 32.9 Å². The first kappa shape index (κ1) is 20.4. The van der Waals surface area contributed by atoms with Crippen LogP contribution in [0.2, 0.25) is 0 Å². The van der Waals surface area contributed by atoms with Crippen LogP contribution in [0.15, 0.2) is 48.5 Å². The first-order chi connectivity index (χ1) is 12.6. The van der Waals surface area contributed by atoms with Crippen LogP contribution in [0.1, 0.15) is 23.1 Å². The first-order valence-corrected chi connectivity index (χ1v) is 9.22. The second-order valence-electron chi connectivity index (χ2n) is 6.74. The van der Waals surface area contributed by atoms with Gasteiger partial charge in [-0.2, -0.15) is 0 Å². The molecule has 2 aromatic carbocycles. The lowest BCUT2D eigenvalue weighted by Crippen LogP contribution is -2.36. The van der Waals surface area contributed by atoms with E-state index in [1.807, 2.05) is 31.2 Å². The number of aryl methyl sites for hydroxylation is 2. The van der Waals surface area contributed by atoms with Crippen molar-refractivity contribution in [2.24, 2.45) is 0 Å². The topological polar surface area (TPSA) is 41.9 Å². The van der Waals surface area contributed by atoms with E-state index in [9.17, 15) is 5.11 Å². The normalized spacial score (nSPS) is 12.3. The van der Waals surface area contributed by atoms with Gasteiger partial charge in [-0.15, -0.1) is 0 Å². The molecule has 0 saturated heterocycles. The number of para-hydroxylation sites is 1. The van der Waals surface area contributed by atoms with Crippen LogP contribution >= 0.6 is 0 Å². The van der Waals surface area contributed by atoms with E-state index in [2.05, 4.69) is 36.1 Å². The summed E-state index contributed by atoms with van der Waals surface area (Å²) in [5, 5.41) is 10.5. The summed E-state index contributed by atoms with van der Waals surface area (Å²) in [4.78, 5) is 2.27. The van der Waals surface area contributed by atoms with Crippen LogP contribution in [0.3, 0.4) is 0 Å². The van der Waals surface area contributed by atoms with Crippen LogP contribution < -0.4 is 4.74 Å². The first-order valence-electron chi connectivity index (χ1n) is 9.22. The number of hydrogen-bond acceptors (Lipinski definition) is 4. The van der Waals surface area contributed by atoms with E-state index >= 15 is 0 Å². The minimum atomic E-state index is -0.541.